The number of hydrogen-bond acceptors (Lipinski definition) is 3. The standard InChI is InChI=1S/C11H11F3N2O2/c1-7-2-3-8(6-15-18)4-9(7)16-10(17)5-11(12,13)14/h2-4,6,18H,5H2,1H3,(H,16,17)/b15-6+. The van der Waals surface area contributed by atoms with E-state index in [0.29, 0.717) is 11.1 Å². The number of halogens is 3. The first-order valence-corrected chi connectivity index (χ1v) is 4.96. The molecule has 0 aromatic heterocycles. The highest BCUT2D eigenvalue weighted by molar-refractivity contribution is 5.93. The molecule has 1 aromatic carbocycles. The van der Waals surface area contributed by atoms with Crippen LogP contribution in [0.1, 0.15) is 17.5 Å². The molecule has 1 aromatic rings. The van der Waals surface area contributed by atoms with E-state index < -0.39 is 18.5 Å². The van der Waals surface area contributed by atoms with Gasteiger partial charge in [-0.1, -0.05) is 17.3 Å². The molecule has 1 amide bonds. The zero-order chi connectivity index (χ0) is 13.8. The summed E-state index contributed by atoms with van der Waals surface area (Å²) in [6, 6.07) is 4.62. The molecule has 18 heavy (non-hydrogen) atoms. The summed E-state index contributed by atoms with van der Waals surface area (Å²) >= 11 is 0. The van der Waals surface area contributed by atoms with Gasteiger partial charge in [0.05, 0.1) is 6.21 Å². The van der Waals surface area contributed by atoms with Crippen LogP contribution in [0.25, 0.3) is 0 Å². The molecule has 1 rings (SSSR count). The van der Waals surface area contributed by atoms with E-state index in [1.54, 1.807) is 19.1 Å². The maximum absolute atomic E-state index is 12.0. The molecule has 0 aliphatic rings. The van der Waals surface area contributed by atoms with E-state index in [9.17, 15) is 18.0 Å². The van der Waals surface area contributed by atoms with Gasteiger partial charge in [-0.25, -0.2) is 0 Å². The number of carbonyl (C=O) groups excluding carboxylic acids is 1. The molecule has 98 valence electrons. The molecule has 0 saturated carbocycles. The monoisotopic (exact) mass is 260 g/mol. The van der Waals surface area contributed by atoms with Gasteiger partial charge in [-0.3, -0.25) is 4.79 Å². The fraction of sp³-hybridized carbons (Fsp3) is 0.273. The summed E-state index contributed by atoms with van der Waals surface area (Å²) in [6.07, 6.45) is -4.97. The second-order valence-corrected chi connectivity index (χ2v) is 3.66. The van der Waals surface area contributed by atoms with Gasteiger partial charge in [0.1, 0.15) is 6.42 Å². The predicted octanol–water partition coefficient (Wildman–Crippen LogP) is 2.69. The molecule has 0 atom stereocenters. The topological polar surface area (TPSA) is 61.7 Å². The van der Waals surface area contributed by atoms with Crippen molar-refractivity contribution in [3.63, 3.8) is 0 Å². The van der Waals surface area contributed by atoms with Crippen molar-refractivity contribution in [2.45, 2.75) is 19.5 Å². The molecule has 4 nitrogen and oxygen atoms in total. The molecule has 0 bridgehead atoms. The lowest BCUT2D eigenvalue weighted by molar-refractivity contribution is -0.150. The van der Waals surface area contributed by atoms with Crippen molar-refractivity contribution >= 4 is 17.8 Å². The molecule has 0 radical (unpaired) electrons. The third-order valence-corrected chi connectivity index (χ3v) is 2.10. The van der Waals surface area contributed by atoms with Crippen LogP contribution in [-0.2, 0) is 4.79 Å². The summed E-state index contributed by atoms with van der Waals surface area (Å²) in [6.45, 7) is 1.64. The molecule has 0 heterocycles. The first-order chi connectivity index (χ1) is 8.31. The predicted molar refractivity (Wildman–Crippen MR) is 59.9 cm³/mol. The first kappa shape index (κ1) is 14.0. The van der Waals surface area contributed by atoms with Gasteiger partial charge in [0.2, 0.25) is 5.91 Å². The van der Waals surface area contributed by atoms with E-state index in [1.807, 2.05) is 0 Å². The average Bonchev–Trinajstić information content (AvgIpc) is 2.20. The van der Waals surface area contributed by atoms with Crippen LogP contribution in [0.15, 0.2) is 23.4 Å². The minimum absolute atomic E-state index is 0.252. The van der Waals surface area contributed by atoms with E-state index in [-0.39, 0.29) is 5.69 Å². The van der Waals surface area contributed by atoms with Gasteiger partial charge in [0.25, 0.3) is 0 Å². The Bertz CT molecular complexity index is 470. The lowest BCUT2D eigenvalue weighted by Crippen LogP contribution is -2.21. The van der Waals surface area contributed by atoms with Gasteiger partial charge in [-0.05, 0) is 24.1 Å². The van der Waals surface area contributed by atoms with E-state index in [0.717, 1.165) is 6.21 Å². The van der Waals surface area contributed by atoms with Crippen molar-refractivity contribution in [2.75, 3.05) is 5.32 Å². The molecule has 7 heteroatoms. The van der Waals surface area contributed by atoms with Gasteiger partial charge in [0, 0.05) is 5.69 Å². The number of benzene rings is 1. The summed E-state index contributed by atoms with van der Waals surface area (Å²) in [5, 5.41) is 13.3. The van der Waals surface area contributed by atoms with Crippen molar-refractivity contribution in [1.29, 1.82) is 0 Å². The molecule has 0 fully saturated rings. The second kappa shape index (κ2) is 5.52. The van der Waals surface area contributed by atoms with Gasteiger partial charge in [0.15, 0.2) is 0 Å². The Hall–Kier alpha value is -2.05. The van der Waals surface area contributed by atoms with E-state index in [2.05, 4.69) is 10.5 Å². The lowest BCUT2D eigenvalue weighted by atomic mass is 10.1. The Morgan fingerprint density at radius 3 is 2.72 bits per heavy atom. The van der Waals surface area contributed by atoms with Crippen LogP contribution in [0.3, 0.4) is 0 Å². The molecule has 0 unspecified atom stereocenters. The molecule has 0 saturated heterocycles. The van der Waals surface area contributed by atoms with Gasteiger partial charge >= 0.3 is 6.18 Å². The molecular formula is C11H11F3N2O2. The van der Waals surface area contributed by atoms with Crippen LogP contribution in [0, 0.1) is 6.92 Å². The third kappa shape index (κ3) is 4.44. The van der Waals surface area contributed by atoms with Crippen molar-refractivity contribution in [3.8, 4) is 0 Å². The van der Waals surface area contributed by atoms with Crippen LogP contribution >= 0.6 is 0 Å². The molecular weight excluding hydrogens is 249 g/mol. The summed E-state index contributed by atoms with van der Waals surface area (Å²) in [5.74, 6) is -1.14. The van der Waals surface area contributed by atoms with Crippen LogP contribution < -0.4 is 5.32 Å². The van der Waals surface area contributed by atoms with Gasteiger partial charge < -0.3 is 10.5 Å². The quantitative estimate of drug-likeness (QED) is 0.498. The minimum atomic E-state index is -4.54. The highest BCUT2D eigenvalue weighted by Gasteiger charge is 2.31. The number of nitrogens with one attached hydrogen (secondary N) is 1. The van der Waals surface area contributed by atoms with Crippen LogP contribution in [0.4, 0.5) is 18.9 Å². The Balaban J connectivity index is 2.83. The highest BCUT2D eigenvalue weighted by atomic mass is 19.4. The first-order valence-electron chi connectivity index (χ1n) is 4.96. The van der Waals surface area contributed by atoms with Gasteiger partial charge in [-0.15, -0.1) is 0 Å². The lowest BCUT2D eigenvalue weighted by Gasteiger charge is -2.10. The maximum atomic E-state index is 12.0. The minimum Gasteiger partial charge on any atom is -0.411 e. The van der Waals surface area contributed by atoms with Crippen LogP contribution in [-0.4, -0.2) is 23.5 Å². The fourth-order valence-electron chi connectivity index (χ4n) is 1.30. The molecule has 0 aliphatic carbocycles. The molecule has 2 N–H and O–H groups in total. The Kier molecular flexibility index (Phi) is 4.30. The van der Waals surface area contributed by atoms with E-state index in [4.69, 9.17) is 5.21 Å². The summed E-state index contributed by atoms with van der Waals surface area (Å²) < 4.78 is 36.0. The van der Waals surface area contributed by atoms with E-state index in [1.165, 1.54) is 6.07 Å². The van der Waals surface area contributed by atoms with Crippen molar-refractivity contribution in [2.24, 2.45) is 5.16 Å². The third-order valence-electron chi connectivity index (χ3n) is 2.10. The van der Waals surface area contributed by atoms with E-state index >= 15 is 0 Å². The zero-order valence-corrected chi connectivity index (χ0v) is 9.45. The highest BCUT2D eigenvalue weighted by Crippen LogP contribution is 2.22. The largest absolute Gasteiger partial charge is 0.411 e. The average molecular weight is 260 g/mol. The number of hydrogen-bond donors (Lipinski definition) is 2. The fourth-order valence-corrected chi connectivity index (χ4v) is 1.30. The number of alkyl halides is 3. The molecule has 0 spiro atoms. The normalized spacial score (nSPS) is 11.8. The number of carbonyl (C=O) groups is 1. The van der Waals surface area contributed by atoms with Crippen molar-refractivity contribution < 1.29 is 23.2 Å². The maximum Gasteiger partial charge on any atom is 0.397 e. The van der Waals surface area contributed by atoms with Crippen LogP contribution in [0.2, 0.25) is 0 Å². The Labute approximate surface area is 101 Å². The zero-order valence-electron chi connectivity index (χ0n) is 9.45. The van der Waals surface area contributed by atoms with Crippen LogP contribution in [0.5, 0.6) is 0 Å². The van der Waals surface area contributed by atoms with Crippen molar-refractivity contribution in [1.82, 2.24) is 0 Å². The van der Waals surface area contributed by atoms with Gasteiger partial charge in [-0.2, -0.15) is 13.2 Å². The second-order valence-electron chi connectivity index (χ2n) is 3.66. The number of nitrogens with zero attached hydrogens (tertiary/aromatic N) is 1. The summed E-state index contributed by atoms with van der Waals surface area (Å²) in [7, 11) is 0. The number of amides is 1. The number of aryl methyl sites for hydroxylation is 1. The summed E-state index contributed by atoms with van der Waals surface area (Å²) in [4.78, 5) is 11.1. The number of anilines is 1. The summed E-state index contributed by atoms with van der Waals surface area (Å²) in [5.41, 5.74) is 1.33. The smallest absolute Gasteiger partial charge is 0.397 e. The molecule has 0 aliphatic heterocycles. The number of rotatable bonds is 3. The van der Waals surface area contributed by atoms with Crippen molar-refractivity contribution in [3.05, 3.63) is 29.3 Å². The SMILES string of the molecule is Cc1ccc(/C=N/O)cc1NC(=O)CC(F)(F)F. The number of oxime groups is 1. The Morgan fingerprint density at radius 1 is 1.50 bits per heavy atom. The Morgan fingerprint density at radius 2 is 2.17 bits per heavy atom.